The highest BCUT2D eigenvalue weighted by atomic mass is 32.1. The molecule has 0 radical (unpaired) electrons. The smallest absolute Gasteiger partial charge is 0.328 e. The maximum absolute atomic E-state index is 9.55. The predicted molar refractivity (Wildman–Crippen MR) is 117 cm³/mol. The van der Waals surface area contributed by atoms with Crippen LogP contribution in [0.3, 0.4) is 0 Å². The van der Waals surface area contributed by atoms with Crippen molar-refractivity contribution in [3.63, 3.8) is 0 Å². The maximum atomic E-state index is 9.55. The fourth-order valence-corrected chi connectivity index (χ4v) is 4.45. The number of hydrogen-bond donors (Lipinski definition) is 3. The minimum atomic E-state index is -1.26. The third-order valence-corrected chi connectivity index (χ3v) is 5.74. The molecule has 0 aliphatic carbocycles. The zero-order valence-corrected chi connectivity index (χ0v) is 17.8. The molecule has 0 bridgehead atoms. The van der Waals surface area contributed by atoms with Gasteiger partial charge in [0.05, 0.1) is 0 Å². The molecule has 1 aliphatic heterocycles. The highest BCUT2D eigenvalue weighted by Gasteiger charge is 2.22. The zero-order chi connectivity index (χ0) is 21.2. The van der Waals surface area contributed by atoms with Crippen LogP contribution in [-0.4, -0.2) is 52.7 Å². The number of rotatable bonds is 7. The summed E-state index contributed by atoms with van der Waals surface area (Å²) in [7, 11) is 0. The number of piperidine rings is 1. The molecule has 0 atom stereocenters. The minimum Gasteiger partial charge on any atom is -0.478 e. The molecule has 0 saturated carbocycles. The molecule has 3 N–H and O–H groups in total. The Balaban J connectivity index is 0.000000321. The lowest BCUT2D eigenvalue weighted by Crippen LogP contribution is -2.44. The zero-order valence-electron chi connectivity index (χ0n) is 17.0. The lowest BCUT2D eigenvalue weighted by atomic mass is 10.0. The van der Waals surface area contributed by atoms with Gasteiger partial charge in [-0.15, -0.1) is 11.3 Å². The van der Waals surface area contributed by atoms with E-state index in [1.807, 2.05) is 11.3 Å². The molecule has 1 saturated heterocycles. The van der Waals surface area contributed by atoms with Gasteiger partial charge in [0.15, 0.2) is 0 Å². The fourth-order valence-electron chi connectivity index (χ4n) is 3.50. The molecule has 0 spiro atoms. The Morgan fingerprint density at radius 1 is 1.17 bits per heavy atom. The van der Waals surface area contributed by atoms with Crippen LogP contribution in [0.5, 0.6) is 0 Å². The minimum absolute atomic E-state index is 0.558. The Morgan fingerprint density at radius 3 is 2.38 bits per heavy atom. The standard InChI is InChI=1S/C18H26N2S.C4H4O4/c1-14(2)11-20(16-7-9-19-10-8-16)12-15-13-21-18-6-4-3-5-17(15)18;5-3(6)1-2-4(7)8/h3-6,13-14,16,19H,7-12H2,1-2H3;1-2H,(H,5,6)(H,7,8). The van der Waals surface area contributed by atoms with E-state index in [-0.39, 0.29) is 0 Å². The number of thiophene rings is 1. The topological polar surface area (TPSA) is 89.9 Å². The van der Waals surface area contributed by atoms with E-state index in [0.717, 1.165) is 18.5 Å². The van der Waals surface area contributed by atoms with E-state index in [1.165, 1.54) is 48.1 Å². The van der Waals surface area contributed by atoms with Gasteiger partial charge >= 0.3 is 11.9 Å². The van der Waals surface area contributed by atoms with Gasteiger partial charge in [-0.2, -0.15) is 0 Å². The summed E-state index contributed by atoms with van der Waals surface area (Å²) in [6.07, 6.45) is 3.69. The molecular weight excluding hydrogens is 388 g/mol. The summed E-state index contributed by atoms with van der Waals surface area (Å²) < 4.78 is 1.42. The summed E-state index contributed by atoms with van der Waals surface area (Å²) in [6, 6.07) is 9.56. The van der Waals surface area contributed by atoms with Gasteiger partial charge in [0.25, 0.3) is 0 Å². The fraction of sp³-hybridized carbons (Fsp3) is 0.455. The molecule has 1 aromatic heterocycles. The first kappa shape index (κ1) is 23.1. The van der Waals surface area contributed by atoms with Crippen molar-refractivity contribution in [2.45, 2.75) is 39.3 Å². The Labute approximate surface area is 175 Å². The van der Waals surface area contributed by atoms with Gasteiger partial charge < -0.3 is 15.5 Å². The molecular formula is C22H30N2O4S. The summed E-state index contributed by atoms with van der Waals surface area (Å²) in [6.45, 7) is 9.31. The number of carbonyl (C=O) groups is 2. The van der Waals surface area contributed by atoms with Crippen molar-refractivity contribution in [3.8, 4) is 0 Å². The molecule has 29 heavy (non-hydrogen) atoms. The van der Waals surface area contributed by atoms with Gasteiger partial charge in [0.2, 0.25) is 0 Å². The van der Waals surface area contributed by atoms with Crippen LogP contribution in [0.2, 0.25) is 0 Å². The number of carboxylic acids is 2. The van der Waals surface area contributed by atoms with Crippen molar-refractivity contribution >= 4 is 33.4 Å². The highest BCUT2D eigenvalue weighted by molar-refractivity contribution is 7.17. The molecule has 2 heterocycles. The molecule has 158 valence electrons. The van der Waals surface area contributed by atoms with Gasteiger partial charge in [-0.1, -0.05) is 32.0 Å². The first-order valence-electron chi connectivity index (χ1n) is 9.90. The van der Waals surface area contributed by atoms with Crippen molar-refractivity contribution in [1.29, 1.82) is 0 Å². The van der Waals surface area contributed by atoms with E-state index < -0.39 is 11.9 Å². The monoisotopic (exact) mass is 418 g/mol. The largest absolute Gasteiger partial charge is 0.478 e. The number of nitrogens with one attached hydrogen (secondary N) is 1. The summed E-state index contributed by atoms with van der Waals surface area (Å²) in [5.74, 6) is -1.79. The third kappa shape index (κ3) is 7.97. The van der Waals surface area contributed by atoms with Crippen LogP contribution in [0.1, 0.15) is 32.3 Å². The molecule has 2 aromatic rings. The Morgan fingerprint density at radius 2 is 1.79 bits per heavy atom. The Bertz CT molecular complexity index is 809. The lowest BCUT2D eigenvalue weighted by molar-refractivity contribution is -0.134. The Hall–Kier alpha value is -2.22. The van der Waals surface area contributed by atoms with Crippen LogP contribution in [0.4, 0.5) is 0 Å². The van der Waals surface area contributed by atoms with E-state index >= 15 is 0 Å². The summed E-state index contributed by atoms with van der Waals surface area (Å²) in [4.78, 5) is 21.8. The van der Waals surface area contributed by atoms with Gasteiger partial charge in [-0.25, -0.2) is 9.59 Å². The van der Waals surface area contributed by atoms with E-state index in [9.17, 15) is 9.59 Å². The van der Waals surface area contributed by atoms with E-state index in [0.29, 0.717) is 12.2 Å². The van der Waals surface area contributed by atoms with E-state index in [1.54, 1.807) is 0 Å². The SMILES string of the molecule is CC(C)CN(Cc1csc2ccccc12)C1CCNCC1.O=C(O)C=CC(=O)O. The number of hydrogen-bond acceptors (Lipinski definition) is 5. The first-order valence-corrected chi connectivity index (χ1v) is 10.8. The summed E-state index contributed by atoms with van der Waals surface area (Å²) in [5, 5.41) is 22.9. The first-order chi connectivity index (χ1) is 13.9. The van der Waals surface area contributed by atoms with Crippen LogP contribution in [0.25, 0.3) is 10.1 Å². The molecule has 6 nitrogen and oxygen atoms in total. The van der Waals surface area contributed by atoms with E-state index in [4.69, 9.17) is 10.2 Å². The number of carboxylic acid groups (broad SMARTS) is 2. The Kier molecular flexibility index (Phi) is 9.31. The molecule has 1 aromatic carbocycles. The summed E-state index contributed by atoms with van der Waals surface area (Å²) in [5.41, 5.74) is 1.51. The van der Waals surface area contributed by atoms with Crippen LogP contribution < -0.4 is 5.32 Å². The maximum Gasteiger partial charge on any atom is 0.328 e. The predicted octanol–water partition coefficient (Wildman–Crippen LogP) is 3.82. The van der Waals surface area contributed by atoms with Gasteiger partial charge in [-0.3, -0.25) is 4.90 Å². The molecule has 7 heteroatoms. The normalized spacial score (nSPS) is 15.0. The van der Waals surface area contributed by atoms with E-state index in [2.05, 4.69) is 53.7 Å². The number of aliphatic carboxylic acids is 2. The second-order valence-electron chi connectivity index (χ2n) is 7.57. The number of fused-ring (bicyclic) bond motifs is 1. The van der Waals surface area contributed by atoms with Gasteiger partial charge in [0, 0.05) is 36.0 Å². The molecule has 1 fully saturated rings. The van der Waals surface area contributed by atoms with Crippen molar-refractivity contribution in [3.05, 3.63) is 47.4 Å². The van der Waals surface area contributed by atoms with Crippen LogP contribution in [0.15, 0.2) is 41.8 Å². The van der Waals surface area contributed by atoms with Crippen LogP contribution in [0, 0.1) is 5.92 Å². The van der Waals surface area contributed by atoms with Crippen molar-refractivity contribution < 1.29 is 19.8 Å². The van der Waals surface area contributed by atoms with Crippen LogP contribution >= 0.6 is 11.3 Å². The second-order valence-corrected chi connectivity index (χ2v) is 8.48. The molecule has 1 aliphatic rings. The highest BCUT2D eigenvalue weighted by Crippen LogP contribution is 2.28. The summed E-state index contributed by atoms with van der Waals surface area (Å²) >= 11 is 1.88. The van der Waals surface area contributed by atoms with Gasteiger partial charge in [-0.05, 0) is 54.2 Å². The van der Waals surface area contributed by atoms with Crippen LogP contribution in [-0.2, 0) is 16.1 Å². The van der Waals surface area contributed by atoms with Crippen molar-refractivity contribution in [2.75, 3.05) is 19.6 Å². The third-order valence-electron chi connectivity index (χ3n) is 4.73. The second kappa shape index (κ2) is 11.7. The number of nitrogens with zero attached hydrogens (tertiary/aromatic N) is 1. The molecule has 0 unspecified atom stereocenters. The van der Waals surface area contributed by atoms with Crippen molar-refractivity contribution in [1.82, 2.24) is 10.2 Å². The van der Waals surface area contributed by atoms with Crippen molar-refractivity contribution in [2.24, 2.45) is 5.92 Å². The number of benzene rings is 1. The lowest BCUT2D eigenvalue weighted by Gasteiger charge is -2.35. The average Bonchev–Trinajstić information content (AvgIpc) is 3.10. The quantitative estimate of drug-likeness (QED) is 0.592. The molecule has 0 amide bonds. The average molecular weight is 419 g/mol. The van der Waals surface area contributed by atoms with Gasteiger partial charge in [0.1, 0.15) is 0 Å². The molecule has 3 rings (SSSR count).